The van der Waals surface area contributed by atoms with E-state index in [9.17, 15) is 17.6 Å². The molecular weight excluding hydrogens is 355 g/mol. The molecule has 0 saturated carbocycles. The maximum atomic E-state index is 13.0. The molecule has 1 heterocycles. The summed E-state index contributed by atoms with van der Waals surface area (Å²) in [6, 6.07) is 4.97. The van der Waals surface area contributed by atoms with E-state index in [1.807, 2.05) is 6.92 Å². The van der Waals surface area contributed by atoms with Crippen LogP contribution in [0.1, 0.15) is 46.5 Å². The molecular formula is C19H29FN2O3S. The number of rotatable bonds is 7. The van der Waals surface area contributed by atoms with Crippen molar-refractivity contribution >= 4 is 15.9 Å². The number of sulfonamides is 1. The third-order valence-electron chi connectivity index (χ3n) is 4.84. The molecule has 1 aliphatic rings. The van der Waals surface area contributed by atoms with Crippen molar-refractivity contribution in [2.75, 3.05) is 13.1 Å². The molecule has 0 bridgehead atoms. The van der Waals surface area contributed by atoms with Crippen LogP contribution in [0.4, 0.5) is 4.39 Å². The van der Waals surface area contributed by atoms with Gasteiger partial charge in [0.25, 0.3) is 0 Å². The molecule has 2 rings (SSSR count). The predicted molar refractivity (Wildman–Crippen MR) is 99.6 cm³/mol. The number of carbonyl (C=O) groups is 1. The van der Waals surface area contributed by atoms with Crippen LogP contribution in [0.15, 0.2) is 29.2 Å². The Morgan fingerprint density at radius 3 is 2.27 bits per heavy atom. The molecule has 0 spiro atoms. The zero-order valence-corrected chi connectivity index (χ0v) is 16.6. The van der Waals surface area contributed by atoms with Crippen LogP contribution in [0, 0.1) is 17.7 Å². The summed E-state index contributed by atoms with van der Waals surface area (Å²) in [4.78, 5) is 12.5. The fourth-order valence-electron chi connectivity index (χ4n) is 3.13. The van der Waals surface area contributed by atoms with Gasteiger partial charge in [0.1, 0.15) is 5.82 Å². The van der Waals surface area contributed by atoms with Crippen molar-refractivity contribution in [1.82, 2.24) is 9.62 Å². The second kappa shape index (κ2) is 8.95. The Hall–Kier alpha value is -1.47. The van der Waals surface area contributed by atoms with Gasteiger partial charge in [0.2, 0.25) is 15.9 Å². The van der Waals surface area contributed by atoms with Gasteiger partial charge in [0.05, 0.1) is 4.90 Å². The van der Waals surface area contributed by atoms with Crippen molar-refractivity contribution in [3.8, 4) is 0 Å². The van der Waals surface area contributed by atoms with E-state index in [1.54, 1.807) is 0 Å². The average molecular weight is 385 g/mol. The smallest absolute Gasteiger partial charge is 0.243 e. The molecule has 0 aromatic heterocycles. The fraction of sp³-hybridized carbons (Fsp3) is 0.632. The lowest BCUT2D eigenvalue weighted by atomic mass is 9.96. The van der Waals surface area contributed by atoms with Crippen molar-refractivity contribution in [1.29, 1.82) is 0 Å². The summed E-state index contributed by atoms with van der Waals surface area (Å²) in [5.74, 6) is -0.00331. The third kappa shape index (κ3) is 5.51. The topological polar surface area (TPSA) is 66.5 Å². The molecule has 0 aliphatic carbocycles. The zero-order chi connectivity index (χ0) is 19.3. The normalized spacial score (nSPS) is 18.0. The number of hydrogen-bond donors (Lipinski definition) is 1. The molecule has 0 unspecified atom stereocenters. The Morgan fingerprint density at radius 1 is 1.15 bits per heavy atom. The molecule has 1 saturated heterocycles. The highest BCUT2D eigenvalue weighted by Gasteiger charge is 2.32. The lowest BCUT2D eigenvalue weighted by Gasteiger charge is -2.31. The van der Waals surface area contributed by atoms with Crippen molar-refractivity contribution in [2.24, 2.45) is 11.8 Å². The van der Waals surface area contributed by atoms with Crippen LogP contribution in [0.2, 0.25) is 0 Å². The van der Waals surface area contributed by atoms with E-state index in [0.29, 0.717) is 31.8 Å². The first-order chi connectivity index (χ1) is 12.2. The predicted octanol–water partition coefficient (Wildman–Crippen LogP) is 3.17. The highest BCUT2D eigenvalue weighted by molar-refractivity contribution is 7.89. The number of nitrogens with one attached hydrogen (secondary N) is 1. The summed E-state index contributed by atoms with van der Waals surface area (Å²) >= 11 is 0. The van der Waals surface area contributed by atoms with E-state index in [2.05, 4.69) is 19.2 Å². The van der Waals surface area contributed by atoms with Crippen molar-refractivity contribution in [2.45, 2.75) is 57.4 Å². The van der Waals surface area contributed by atoms with E-state index < -0.39 is 15.8 Å². The Labute approximate surface area is 156 Å². The zero-order valence-electron chi connectivity index (χ0n) is 15.7. The number of nitrogens with zero attached hydrogens (tertiary/aromatic N) is 1. The first-order valence-corrected chi connectivity index (χ1v) is 10.7. The lowest BCUT2D eigenvalue weighted by Crippen LogP contribution is -2.44. The molecule has 0 radical (unpaired) electrons. The van der Waals surface area contributed by atoms with Gasteiger partial charge in [-0.3, -0.25) is 4.79 Å². The molecule has 1 aliphatic heterocycles. The maximum absolute atomic E-state index is 13.0. The molecule has 1 N–H and O–H groups in total. The largest absolute Gasteiger partial charge is 0.353 e. The van der Waals surface area contributed by atoms with E-state index in [0.717, 1.165) is 25.0 Å². The van der Waals surface area contributed by atoms with Gasteiger partial charge in [0.15, 0.2) is 0 Å². The third-order valence-corrected chi connectivity index (χ3v) is 6.75. The number of carbonyl (C=O) groups excluding carboxylic acids is 1. The fourth-order valence-corrected chi connectivity index (χ4v) is 4.60. The maximum Gasteiger partial charge on any atom is 0.243 e. The summed E-state index contributed by atoms with van der Waals surface area (Å²) in [6.07, 6.45) is 3.02. The Morgan fingerprint density at radius 2 is 1.73 bits per heavy atom. The van der Waals surface area contributed by atoms with Crippen molar-refractivity contribution < 1.29 is 17.6 Å². The van der Waals surface area contributed by atoms with Crippen LogP contribution in [-0.4, -0.2) is 37.8 Å². The number of amides is 1. The van der Waals surface area contributed by atoms with Gasteiger partial charge in [-0.15, -0.1) is 0 Å². The minimum Gasteiger partial charge on any atom is -0.353 e. The van der Waals surface area contributed by atoms with Crippen LogP contribution >= 0.6 is 0 Å². The molecule has 26 heavy (non-hydrogen) atoms. The van der Waals surface area contributed by atoms with Crippen molar-refractivity contribution in [3.63, 3.8) is 0 Å². The Balaban J connectivity index is 1.88. The number of hydrogen-bond acceptors (Lipinski definition) is 3. The summed E-state index contributed by atoms with van der Waals surface area (Å²) in [6.45, 7) is 6.93. The number of piperidine rings is 1. The minimum absolute atomic E-state index is 0.0140. The molecule has 1 aromatic rings. The lowest BCUT2D eigenvalue weighted by molar-refractivity contribution is -0.126. The van der Waals surface area contributed by atoms with Gasteiger partial charge in [-0.25, -0.2) is 12.8 Å². The van der Waals surface area contributed by atoms with E-state index in [-0.39, 0.29) is 22.8 Å². The van der Waals surface area contributed by atoms with Gasteiger partial charge >= 0.3 is 0 Å². The van der Waals surface area contributed by atoms with Crippen LogP contribution in [0.3, 0.4) is 0 Å². The summed E-state index contributed by atoms with van der Waals surface area (Å²) < 4.78 is 39.6. The average Bonchev–Trinajstić information content (AvgIpc) is 2.60. The molecule has 1 amide bonds. The van der Waals surface area contributed by atoms with Gasteiger partial charge in [0, 0.05) is 25.0 Å². The molecule has 7 heteroatoms. The quantitative estimate of drug-likeness (QED) is 0.785. The summed E-state index contributed by atoms with van der Waals surface area (Å²) in [7, 11) is -3.63. The number of halogens is 1. The van der Waals surface area contributed by atoms with Gasteiger partial charge < -0.3 is 5.32 Å². The monoisotopic (exact) mass is 384 g/mol. The van der Waals surface area contributed by atoms with Crippen LogP contribution in [0.25, 0.3) is 0 Å². The van der Waals surface area contributed by atoms with E-state index in [4.69, 9.17) is 0 Å². The summed E-state index contributed by atoms with van der Waals surface area (Å²) in [5, 5.41) is 3.05. The van der Waals surface area contributed by atoms with Gasteiger partial charge in [-0.1, -0.05) is 13.8 Å². The summed E-state index contributed by atoms with van der Waals surface area (Å²) in [5.41, 5.74) is 0. The highest BCUT2D eigenvalue weighted by atomic mass is 32.2. The van der Waals surface area contributed by atoms with Gasteiger partial charge in [-0.2, -0.15) is 4.31 Å². The number of benzene rings is 1. The first kappa shape index (κ1) is 20.8. The van der Waals surface area contributed by atoms with Gasteiger partial charge in [-0.05, 0) is 62.8 Å². The second-order valence-electron chi connectivity index (χ2n) is 7.51. The Kier molecular flexibility index (Phi) is 7.17. The van der Waals surface area contributed by atoms with E-state index in [1.165, 1.54) is 16.4 Å². The van der Waals surface area contributed by atoms with Crippen LogP contribution in [-0.2, 0) is 14.8 Å². The van der Waals surface area contributed by atoms with E-state index >= 15 is 0 Å². The Bertz CT molecular complexity index is 696. The molecule has 1 aromatic carbocycles. The molecule has 1 atom stereocenters. The second-order valence-corrected chi connectivity index (χ2v) is 9.45. The highest BCUT2D eigenvalue weighted by Crippen LogP contribution is 2.24. The molecule has 1 fully saturated rings. The van der Waals surface area contributed by atoms with Crippen LogP contribution < -0.4 is 5.32 Å². The van der Waals surface area contributed by atoms with Crippen LogP contribution in [0.5, 0.6) is 0 Å². The molecule has 5 nitrogen and oxygen atoms in total. The first-order valence-electron chi connectivity index (χ1n) is 9.26. The standard InChI is InChI=1S/C19H29FN2O3S/c1-14(2)4-5-15(3)21-19(23)16-10-12-22(13-11-16)26(24,25)18-8-6-17(20)7-9-18/h6-9,14-16H,4-5,10-13H2,1-3H3,(H,21,23)/t15-/m1/s1. The molecule has 146 valence electrons. The minimum atomic E-state index is -3.63. The van der Waals surface area contributed by atoms with Crippen molar-refractivity contribution in [3.05, 3.63) is 30.1 Å². The SMILES string of the molecule is CC(C)CC[C@@H](C)NC(=O)C1CCN(S(=O)(=O)c2ccc(F)cc2)CC1.